The lowest BCUT2D eigenvalue weighted by Gasteiger charge is -2.46. The van der Waals surface area contributed by atoms with Crippen LogP contribution in [0.1, 0.15) is 26.3 Å². The molecular weight excluding hydrogens is 1390 g/mol. The Kier molecular flexibility index (Phi) is 15.0. The summed E-state index contributed by atoms with van der Waals surface area (Å²) in [6.45, 7) is 6.92. The third-order valence-corrected chi connectivity index (χ3v) is 24.7. The molecule has 0 radical (unpaired) electrons. The smallest absolute Gasteiger partial charge is 0.252 e. The first-order valence-corrected chi connectivity index (χ1v) is 40.1. The van der Waals surface area contributed by atoms with Crippen LogP contribution in [0.25, 0.3) is 165 Å². The van der Waals surface area contributed by atoms with Crippen LogP contribution in [0.2, 0.25) is 0 Å². The maximum absolute atomic E-state index is 2.74. The molecule has 538 valence electrons. The highest BCUT2D eigenvalue weighted by Gasteiger charge is 2.47. The van der Waals surface area contributed by atoms with Gasteiger partial charge in [0, 0.05) is 77.9 Å². The summed E-state index contributed by atoms with van der Waals surface area (Å²) in [6, 6.07) is 152. The van der Waals surface area contributed by atoms with Crippen molar-refractivity contribution in [2.24, 2.45) is 0 Å². The van der Waals surface area contributed by atoms with Crippen LogP contribution in [0.5, 0.6) is 0 Å². The molecule has 0 aliphatic carbocycles. The summed E-state index contributed by atoms with van der Waals surface area (Å²) in [5.41, 5.74) is 31.5. The highest BCUT2D eigenvalue weighted by molar-refractivity contribution is 7.00. The quantitative estimate of drug-likeness (QED) is 0.127. The van der Waals surface area contributed by atoms with Gasteiger partial charge < -0.3 is 18.9 Å². The third kappa shape index (κ3) is 10.5. The van der Waals surface area contributed by atoms with E-state index in [1.165, 1.54) is 86.6 Å². The van der Waals surface area contributed by atoms with Gasteiger partial charge in [0.2, 0.25) is 0 Å². The maximum Gasteiger partial charge on any atom is 0.252 e. The average Bonchev–Trinajstić information content (AvgIpc) is 0.762. The van der Waals surface area contributed by atoms with E-state index in [2.05, 4.69) is 440 Å². The van der Waals surface area contributed by atoms with Crippen LogP contribution in [-0.4, -0.2) is 15.8 Å². The Hall–Kier alpha value is -14.5. The normalized spacial score (nSPS) is 12.6. The zero-order valence-corrected chi connectivity index (χ0v) is 64.0. The second kappa shape index (κ2) is 26.0. The Morgan fingerprint density at radius 2 is 0.557 bits per heavy atom. The molecule has 0 fully saturated rings. The summed E-state index contributed by atoms with van der Waals surface area (Å²) in [5.74, 6) is 0. The Balaban J connectivity index is 0.889. The largest absolute Gasteiger partial charge is 0.310 e. The molecule has 19 aromatic carbocycles. The van der Waals surface area contributed by atoms with E-state index in [1.807, 2.05) is 0 Å². The molecule has 0 amide bonds. The third-order valence-electron chi connectivity index (χ3n) is 24.7. The van der Waals surface area contributed by atoms with Gasteiger partial charge in [0.15, 0.2) is 0 Å². The predicted molar refractivity (Wildman–Crippen MR) is 490 cm³/mol. The summed E-state index contributed by atoms with van der Waals surface area (Å²) in [5, 5.41) is 14.7. The standard InChI is InChI=1S/C110H75BN4/c1-110(2,3)84-66-103-107-104(67-84)115(109-93(74-34-12-6-13-35-74)64-83(65-94(109)75-36-14-7-15-37-75)81-51-49-71-29-17-19-41-79(71)61-81)102-69-86(113-98-47-27-25-45-90(98)106-88-43-23-21-39-77(88)53-59-100(106)113)55-57-96(102)111(107)95-56-54-85(112-97-46-26-24-44-89(97)105-87-42-22-20-38-76(87)52-58-99(105)112)68-101(95)114(103)108-91(72-30-8-4-9-31-72)62-82(63-92(108)73-32-10-5-11-33-73)80-50-48-70-28-16-18-40-78(70)60-80/h4-69H,1-3H3. The summed E-state index contributed by atoms with van der Waals surface area (Å²) >= 11 is 0. The molecule has 115 heavy (non-hydrogen) atoms. The SMILES string of the molecule is CC(C)(C)c1cc2c3c(c1)N(c1c(-c4ccccc4)cc(-c4ccc5ccccc5c4)cc1-c1ccccc1)c1cc(-n4c5ccccc5c5c6ccccc6ccc54)ccc1B3c1ccc(-n3c4ccccc4c4c5ccccc5ccc43)cc1N2c1c(-c2ccccc2)cc(-c2ccc3ccccc3c2)cc1-c1ccccc1. The molecule has 0 spiro atoms. The molecule has 0 unspecified atom stereocenters. The molecule has 21 aromatic rings. The number of fused-ring (bicyclic) bond motifs is 16. The van der Waals surface area contributed by atoms with Crippen LogP contribution >= 0.6 is 0 Å². The van der Waals surface area contributed by atoms with Crippen molar-refractivity contribution in [3.63, 3.8) is 0 Å². The highest BCUT2D eigenvalue weighted by atomic mass is 15.2. The summed E-state index contributed by atoms with van der Waals surface area (Å²) in [6.07, 6.45) is 0. The number of hydrogen-bond donors (Lipinski definition) is 0. The van der Waals surface area contributed by atoms with Crippen molar-refractivity contribution in [1.29, 1.82) is 0 Å². The van der Waals surface area contributed by atoms with Crippen LogP contribution in [-0.2, 0) is 5.41 Å². The topological polar surface area (TPSA) is 16.3 Å². The average molecular weight is 1460 g/mol. The van der Waals surface area contributed by atoms with Gasteiger partial charge in [-0.05, 0) is 212 Å². The zero-order valence-electron chi connectivity index (χ0n) is 64.0. The molecule has 4 heterocycles. The second-order valence-corrected chi connectivity index (χ2v) is 32.3. The van der Waals surface area contributed by atoms with Crippen molar-refractivity contribution in [2.45, 2.75) is 26.2 Å². The molecule has 4 nitrogen and oxygen atoms in total. The number of nitrogens with zero attached hydrogens (tertiary/aromatic N) is 4. The number of rotatable bonds is 10. The van der Waals surface area contributed by atoms with E-state index in [9.17, 15) is 0 Å². The van der Waals surface area contributed by atoms with Crippen LogP contribution in [0, 0.1) is 0 Å². The van der Waals surface area contributed by atoms with E-state index in [-0.39, 0.29) is 12.1 Å². The first-order valence-electron chi connectivity index (χ1n) is 40.1. The minimum Gasteiger partial charge on any atom is -0.310 e. The van der Waals surface area contributed by atoms with Crippen molar-refractivity contribution < 1.29 is 0 Å². The number of para-hydroxylation sites is 2. The fraction of sp³-hybridized carbons (Fsp3) is 0.0364. The molecule has 2 aliphatic rings. The van der Waals surface area contributed by atoms with Crippen molar-refractivity contribution in [1.82, 2.24) is 9.13 Å². The number of anilines is 6. The minimum absolute atomic E-state index is 0.293. The van der Waals surface area contributed by atoms with Gasteiger partial charge in [-0.1, -0.05) is 324 Å². The molecule has 0 N–H and O–H groups in total. The number of aromatic nitrogens is 2. The molecule has 0 saturated heterocycles. The lowest BCUT2D eigenvalue weighted by molar-refractivity contribution is 0.590. The Labute approximate surface area is 668 Å². The molecule has 0 saturated carbocycles. The van der Waals surface area contributed by atoms with E-state index >= 15 is 0 Å². The summed E-state index contributed by atoms with van der Waals surface area (Å²) < 4.78 is 5.08. The lowest BCUT2D eigenvalue weighted by Crippen LogP contribution is -2.61. The van der Waals surface area contributed by atoms with Crippen LogP contribution in [0.15, 0.2) is 400 Å². The Bertz CT molecular complexity index is 7020. The van der Waals surface area contributed by atoms with Gasteiger partial charge in [-0.25, -0.2) is 0 Å². The Morgan fingerprint density at radius 3 is 0.939 bits per heavy atom. The molecule has 2 aromatic heterocycles. The van der Waals surface area contributed by atoms with Gasteiger partial charge in [0.05, 0.1) is 33.4 Å². The van der Waals surface area contributed by atoms with Gasteiger partial charge in [-0.3, -0.25) is 0 Å². The van der Waals surface area contributed by atoms with E-state index in [0.29, 0.717) is 0 Å². The monoisotopic (exact) mass is 1460 g/mol. The lowest BCUT2D eigenvalue weighted by atomic mass is 9.33. The first-order chi connectivity index (χ1) is 56.7. The molecule has 0 atom stereocenters. The number of benzene rings is 19. The molecule has 5 heteroatoms. The minimum atomic E-state index is -0.380. The van der Waals surface area contributed by atoms with Crippen molar-refractivity contribution in [3.8, 4) is 78.1 Å². The van der Waals surface area contributed by atoms with E-state index in [4.69, 9.17) is 0 Å². The van der Waals surface area contributed by atoms with Gasteiger partial charge >= 0.3 is 0 Å². The molecule has 23 rings (SSSR count). The van der Waals surface area contributed by atoms with Crippen molar-refractivity contribution >= 4 is 144 Å². The van der Waals surface area contributed by atoms with Crippen LogP contribution in [0.4, 0.5) is 34.1 Å². The van der Waals surface area contributed by atoms with E-state index < -0.39 is 0 Å². The predicted octanol–water partition coefficient (Wildman–Crippen LogP) is 27.9. The highest BCUT2D eigenvalue weighted by Crippen LogP contribution is 2.56. The molecular formula is C110H75BN4. The van der Waals surface area contributed by atoms with E-state index in [1.54, 1.807) is 0 Å². The van der Waals surface area contributed by atoms with Gasteiger partial charge in [-0.2, -0.15) is 0 Å². The Morgan fingerprint density at radius 1 is 0.226 bits per heavy atom. The van der Waals surface area contributed by atoms with Gasteiger partial charge in [0.25, 0.3) is 6.71 Å². The first kappa shape index (κ1) is 66.3. The van der Waals surface area contributed by atoms with Gasteiger partial charge in [-0.15, -0.1) is 0 Å². The zero-order chi connectivity index (χ0) is 76.1. The van der Waals surface area contributed by atoms with Crippen LogP contribution in [0.3, 0.4) is 0 Å². The fourth-order valence-electron chi connectivity index (χ4n) is 19.4. The summed E-state index contributed by atoms with van der Waals surface area (Å²) in [4.78, 5) is 5.47. The van der Waals surface area contributed by atoms with E-state index in [0.717, 1.165) is 134 Å². The van der Waals surface area contributed by atoms with Crippen molar-refractivity contribution in [3.05, 3.63) is 406 Å². The summed E-state index contributed by atoms with van der Waals surface area (Å²) in [7, 11) is 0. The van der Waals surface area contributed by atoms with Gasteiger partial charge in [0.1, 0.15) is 0 Å². The van der Waals surface area contributed by atoms with Crippen LogP contribution < -0.4 is 26.2 Å². The molecule has 2 aliphatic heterocycles. The maximum atomic E-state index is 2.74. The fourth-order valence-corrected chi connectivity index (χ4v) is 19.4. The van der Waals surface area contributed by atoms with Crippen molar-refractivity contribution in [2.75, 3.05) is 9.80 Å². The second-order valence-electron chi connectivity index (χ2n) is 32.3. The molecule has 0 bridgehead atoms. The number of hydrogen-bond acceptors (Lipinski definition) is 2.